The normalized spacial score (nSPS) is 10.7. The second-order valence-corrected chi connectivity index (χ2v) is 6.33. The molecule has 0 unspecified atom stereocenters. The second-order valence-electron chi connectivity index (χ2n) is 6.33. The van der Waals surface area contributed by atoms with Crippen LogP contribution in [0.15, 0.2) is 52.9 Å². The van der Waals surface area contributed by atoms with Crippen LogP contribution in [0.1, 0.15) is 21.7 Å². The van der Waals surface area contributed by atoms with Gasteiger partial charge in [-0.2, -0.15) is 0 Å². The average Bonchev–Trinajstić information content (AvgIpc) is 3.11. The Kier molecular flexibility index (Phi) is 6.86. The van der Waals surface area contributed by atoms with E-state index >= 15 is 0 Å². The number of methoxy groups -OCH3 is 2. The van der Waals surface area contributed by atoms with Crippen molar-refractivity contribution in [2.75, 3.05) is 27.4 Å². The summed E-state index contributed by atoms with van der Waals surface area (Å²) in [4.78, 5) is 24.5. The molecule has 0 aliphatic rings. The van der Waals surface area contributed by atoms with Crippen molar-refractivity contribution in [3.8, 4) is 5.75 Å². The van der Waals surface area contributed by atoms with Crippen LogP contribution in [0.2, 0.25) is 0 Å². The van der Waals surface area contributed by atoms with Crippen LogP contribution >= 0.6 is 0 Å². The monoisotopic (exact) mass is 397 g/mol. The maximum absolute atomic E-state index is 12.4. The first-order chi connectivity index (χ1) is 14.1. The van der Waals surface area contributed by atoms with E-state index in [1.807, 2.05) is 42.5 Å². The van der Waals surface area contributed by atoms with E-state index in [0.29, 0.717) is 24.1 Å². The summed E-state index contributed by atoms with van der Waals surface area (Å²) in [7, 11) is 3.14. The predicted octanol–water partition coefficient (Wildman–Crippen LogP) is 3.10. The summed E-state index contributed by atoms with van der Waals surface area (Å²) in [5.41, 5.74) is 2.15. The highest BCUT2D eigenvalue weighted by Crippen LogP contribution is 2.27. The molecule has 152 valence electrons. The summed E-state index contributed by atoms with van der Waals surface area (Å²) in [6.45, 7) is 0.205. The summed E-state index contributed by atoms with van der Waals surface area (Å²) in [6.07, 6.45) is 0.602. The van der Waals surface area contributed by atoms with Gasteiger partial charge < -0.3 is 23.9 Å². The third kappa shape index (κ3) is 4.94. The number of esters is 1. The molecule has 2 aromatic carbocycles. The number of para-hydroxylation sites is 2. The highest BCUT2D eigenvalue weighted by atomic mass is 16.5. The molecule has 3 aromatic rings. The number of ether oxygens (including phenoxy) is 3. The van der Waals surface area contributed by atoms with Gasteiger partial charge in [-0.15, -0.1) is 0 Å². The summed E-state index contributed by atoms with van der Waals surface area (Å²) >= 11 is 0. The summed E-state index contributed by atoms with van der Waals surface area (Å²) in [6, 6.07) is 14.9. The van der Waals surface area contributed by atoms with Gasteiger partial charge >= 0.3 is 5.97 Å². The molecule has 7 nitrogen and oxygen atoms in total. The Bertz CT molecular complexity index is 994. The number of amides is 1. The van der Waals surface area contributed by atoms with E-state index in [0.717, 1.165) is 16.7 Å². The number of hydrogen-bond donors (Lipinski definition) is 1. The third-order valence-corrected chi connectivity index (χ3v) is 4.42. The second kappa shape index (κ2) is 9.75. The van der Waals surface area contributed by atoms with Crippen molar-refractivity contribution in [2.24, 2.45) is 0 Å². The lowest BCUT2D eigenvalue weighted by Crippen LogP contribution is -2.30. The zero-order valence-electron chi connectivity index (χ0n) is 16.4. The molecule has 1 heterocycles. The van der Waals surface area contributed by atoms with Crippen molar-refractivity contribution in [1.82, 2.24) is 5.32 Å². The Labute approximate surface area is 168 Å². The Balaban J connectivity index is 1.54. The van der Waals surface area contributed by atoms with E-state index in [-0.39, 0.29) is 12.4 Å². The quantitative estimate of drug-likeness (QED) is 0.559. The first-order valence-corrected chi connectivity index (χ1v) is 9.19. The lowest BCUT2D eigenvalue weighted by atomic mass is 10.1. The van der Waals surface area contributed by atoms with Gasteiger partial charge in [-0.3, -0.25) is 4.79 Å². The number of carbonyl (C=O) groups excluding carboxylic acids is 2. The zero-order valence-corrected chi connectivity index (χ0v) is 16.4. The van der Waals surface area contributed by atoms with Crippen LogP contribution in [-0.4, -0.2) is 39.2 Å². The predicted molar refractivity (Wildman–Crippen MR) is 107 cm³/mol. The van der Waals surface area contributed by atoms with E-state index in [2.05, 4.69) is 5.32 Å². The van der Waals surface area contributed by atoms with Gasteiger partial charge in [0.15, 0.2) is 6.61 Å². The lowest BCUT2D eigenvalue weighted by molar-refractivity contribution is -0.124. The number of benzene rings is 2. The van der Waals surface area contributed by atoms with Crippen LogP contribution in [-0.2, 0) is 27.3 Å². The van der Waals surface area contributed by atoms with Crippen molar-refractivity contribution in [2.45, 2.75) is 13.0 Å². The smallest absolute Gasteiger partial charge is 0.375 e. The van der Waals surface area contributed by atoms with Gasteiger partial charge in [-0.1, -0.05) is 36.4 Å². The van der Waals surface area contributed by atoms with Crippen LogP contribution < -0.4 is 10.1 Å². The molecule has 1 amide bonds. The van der Waals surface area contributed by atoms with Gasteiger partial charge in [0.25, 0.3) is 5.91 Å². The van der Waals surface area contributed by atoms with Crippen molar-refractivity contribution < 1.29 is 28.2 Å². The maximum Gasteiger partial charge on any atom is 0.375 e. The Hall–Kier alpha value is -3.32. The molecule has 0 radical (unpaired) electrons. The molecule has 0 spiro atoms. The van der Waals surface area contributed by atoms with Gasteiger partial charge in [0.1, 0.15) is 11.3 Å². The standard InChI is InChI=1S/C22H23NO6/c1-26-13-17-16-8-4-6-10-19(16)29-21(17)22(25)28-14-20(24)23-12-11-15-7-3-5-9-18(15)27-2/h3-10H,11-14H2,1-2H3,(H,23,24). The fourth-order valence-electron chi connectivity index (χ4n) is 3.05. The molecule has 0 bridgehead atoms. The maximum atomic E-state index is 12.4. The number of fused-ring (bicyclic) bond motifs is 1. The summed E-state index contributed by atoms with van der Waals surface area (Å²) < 4.78 is 21.2. The number of carbonyl (C=O) groups is 2. The van der Waals surface area contributed by atoms with Gasteiger partial charge in [-0.05, 0) is 24.1 Å². The Morgan fingerprint density at radius 3 is 2.59 bits per heavy atom. The molecular weight excluding hydrogens is 374 g/mol. The molecule has 29 heavy (non-hydrogen) atoms. The van der Waals surface area contributed by atoms with E-state index in [4.69, 9.17) is 18.6 Å². The summed E-state index contributed by atoms with van der Waals surface area (Å²) in [5, 5.41) is 3.51. The van der Waals surface area contributed by atoms with E-state index in [9.17, 15) is 9.59 Å². The number of rotatable bonds is 9. The number of hydrogen-bond acceptors (Lipinski definition) is 6. The average molecular weight is 397 g/mol. The zero-order chi connectivity index (χ0) is 20.6. The number of furan rings is 1. The molecule has 7 heteroatoms. The molecular formula is C22H23NO6. The van der Waals surface area contributed by atoms with Crippen molar-refractivity contribution in [3.63, 3.8) is 0 Å². The van der Waals surface area contributed by atoms with Crippen molar-refractivity contribution in [3.05, 3.63) is 65.4 Å². The Morgan fingerprint density at radius 1 is 1.03 bits per heavy atom. The molecule has 0 saturated carbocycles. The van der Waals surface area contributed by atoms with Gasteiger partial charge in [0, 0.05) is 24.6 Å². The van der Waals surface area contributed by atoms with Crippen LogP contribution in [0.25, 0.3) is 11.0 Å². The largest absolute Gasteiger partial charge is 0.496 e. The topological polar surface area (TPSA) is 87.0 Å². The van der Waals surface area contributed by atoms with Crippen LogP contribution in [0.5, 0.6) is 5.75 Å². The minimum absolute atomic E-state index is 0.0508. The summed E-state index contributed by atoms with van der Waals surface area (Å²) in [5.74, 6) is -0.274. The molecule has 1 aromatic heterocycles. The lowest BCUT2D eigenvalue weighted by Gasteiger charge is -2.09. The Morgan fingerprint density at radius 2 is 1.79 bits per heavy atom. The van der Waals surface area contributed by atoms with Crippen LogP contribution in [0, 0.1) is 0 Å². The molecule has 0 aliphatic heterocycles. The molecule has 0 atom stereocenters. The highest BCUT2D eigenvalue weighted by Gasteiger charge is 2.22. The first-order valence-electron chi connectivity index (χ1n) is 9.19. The van der Waals surface area contributed by atoms with Crippen LogP contribution in [0.4, 0.5) is 0 Å². The van der Waals surface area contributed by atoms with Gasteiger partial charge in [0.2, 0.25) is 5.76 Å². The fourth-order valence-corrected chi connectivity index (χ4v) is 3.05. The van der Waals surface area contributed by atoms with Gasteiger partial charge in [-0.25, -0.2) is 4.79 Å². The molecule has 0 saturated heterocycles. The number of nitrogens with one attached hydrogen (secondary N) is 1. The minimum Gasteiger partial charge on any atom is -0.496 e. The minimum atomic E-state index is -0.701. The molecule has 1 N–H and O–H groups in total. The molecule has 0 fully saturated rings. The third-order valence-electron chi connectivity index (χ3n) is 4.42. The van der Waals surface area contributed by atoms with Crippen molar-refractivity contribution in [1.29, 1.82) is 0 Å². The van der Waals surface area contributed by atoms with E-state index < -0.39 is 18.5 Å². The first kappa shape index (κ1) is 20.4. The fraction of sp³-hybridized carbons (Fsp3) is 0.273. The van der Waals surface area contributed by atoms with E-state index in [1.54, 1.807) is 13.2 Å². The van der Waals surface area contributed by atoms with E-state index in [1.165, 1.54) is 7.11 Å². The van der Waals surface area contributed by atoms with Crippen LogP contribution in [0.3, 0.4) is 0 Å². The van der Waals surface area contributed by atoms with Gasteiger partial charge in [0.05, 0.1) is 13.7 Å². The highest BCUT2D eigenvalue weighted by molar-refractivity contribution is 5.96. The van der Waals surface area contributed by atoms with Crippen molar-refractivity contribution >= 4 is 22.8 Å². The SMILES string of the molecule is COCc1c(C(=O)OCC(=O)NCCc2ccccc2OC)oc2ccccc12. The molecule has 3 rings (SSSR count). The molecule has 0 aliphatic carbocycles.